The summed E-state index contributed by atoms with van der Waals surface area (Å²) in [4.78, 5) is 38.3. The van der Waals surface area contributed by atoms with Crippen molar-refractivity contribution in [2.75, 3.05) is 23.6 Å². The van der Waals surface area contributed by atoms with Crippen molar-refractivity contribution in [1.82, 2.24) is 15.2 Å². The first kappa shape index (κ1) is 22.4. The minimum Gasteiger partial charge on any atom is -0.465 e. The number of aromatic nitrogens is 3. The molecular weight excluding hydrogens is 438 g/mol. The van der Waals surface area contributed by atoms with Crippen LogP contribution in [-0.2, 0) is 9.53 Å². The van der Waals surface area contributed by atoms with Crippen LogP contribution >= 0.6 is 11.8 Å². The molecular formula is C19H17N7O5S. The Hall–Kier alpha value is -4.26. The Bertz CT molecular complexity index is 1150. The van der Waals surface area contributed by atoms with Crippen LogP contribution in [0.3, 0.4) is 0 Å². The van der Waals surface area contributed by atoms with Gasteiger partial charge in [0.1, 0.15) is 0 Å². The third-order valence-corrected chi connectivity index (χ3v) is 4.74. The van der Waals surface area contributed by atoms with Gasteiger partial charge in [0.2, 0.25) is 17.0 Å². The number of nitro benzene ring substituents is 1. The number of carbonyl (C=O) groups is 2. The van der Waals surface area contributed by atoms with E-state index in [1.165, 1.54) is 25.5 Å². The monoisotopic (exact) mass is 455 g/mol. The molecule has 0 aliphatic carbocycles. The van der Waals surface area contributed by atoms with Crippen LogP contribution in [0.25, 0.3) is 0 Å². The molecule has 0 aliphatic rings. The molecule has 32 heavy (non-hydrogen) atoms. The van der Waals surface area contributed by atoms with E-state index < -0.39 is 10.9 Å². The number of H-pyrrole nitrogens is 1. The molecule has 0 spiro atoms. The van der Waals surface area contributed by atoms with E-state index in [-0.39, 0.29) is 28.9 Å². The summed E-state index contributed by atoms with van der Waals surface area (Å²) in [5.74, 6) is -0.629. The molecule has 2 aromatic carbocycles. The first-order valence-corrected chi connectivity index (χ1v) is 10.0. The normalized spacial score (nSPS) is 10.7. The van der Waals surface area contributed by atoms with Crippen molar-refractivity contribution in [3.8, 4) is 0 Å². The van der Waals surface area contributed by atoms with Gasteiger partial charge in [-0.15, -0.1) is 5.10 Å². The second-order valence-corrected chi connectivity index (χ2v) is 7.00. The topological polar surface area (TPSA) is 164 Å². The van der Waals surface area contributed by atoms with Crippen LogP contribution in [0, 0.1) is 10.1 Å². The molecule has 0 bridgehead atoms. The predicted molar refractivity (Wildman–Crippen MR) is 118 cm³/mol. The van der Waals surface area contributed by atoms with Gasteiger partial charge in [-0.2, -0.15) is 10.1 Å². The lowest BCUT2D eigenvalue weighted by atomic mass is 10.2. The number of anilines is 2. The van der Waals surface area contributed by atoms with E-state index in [9.17, 15) is 19.7 Å². The van der Waals surface area contributed by atoms with Crippen LogP contribution in [0.1, 0.15) is 15.9 Å². The first-order chi connectivity index (χ1) is 15.5. The molecule has 1 heterocycles. The minimum absolute atomic E-state index is 0.00942. The second-order valence-electron chi connectivity index (χ2n) is 6.06. The maximum atomic E-state index is 12.2. The lowest BCUT2D eigenvalue weighted by Crippen LogP contribution is -2.17. The van der Waals surface area contributed by atoms with Crippen LogP contribution in [0.2, 0.25) is 0 Å². The van der Waals surface area contributed by atoms with Crippen molar-refractivity contribution in [3.05, 3.63) is 69.8 Å². The number of amides is 1. The summed E-state index contributed by atoms with van der Waals surface area (Å²) in [6.07, 6.45) is 1.46. The number of methoxy groups -OCH3 is 1. The van der Waals surface area contributed by atoms with Crippen molar-refractivity contribution >= 4 is 47.2 Å². The molecule has 0 saturated carbocycles. The Balaban J connectivity index is 1.49. The van der Waals surface area contributed by atoms with Gasteiger partial charge in [-0.1, -0.05) is 23.9 Å². The molecule has 164 valence electrons. The average Bonchev–Trinajstić information content (AvgIpc) is 3.25. The number of nitrogens with zero attached hydrogens (tertiary/aromatic N) is 4. The van der Waals surface area contributed by atoms with Gasteiger partial charge < -0.3 is 10.1 Å². The fourth-order valence-electron chi connectivity index (χ4n) is 2.41. The summed E-state index contributed by atoms with van der Waals surface area (Å²) >= 11 is 1.09. The maximum absolute atomic E-state index is 12.2. The quantitative estimate of drug-likeness (QED) is 0.145. The van der Waals surface area contributed by atoms with Crippen molar-refractivity contribution < 1.29 is 19.2 Å². The number of non-ortho nitro benzene ring substituents is 1. The Morgan fingerprint density at radius 3 is 2.72 bits per heavy atom. The molecule has 13 heteroatoms. The molecule has 3 aromatic rings. The number of carbonyl (C=O) groups excluding carboxylic acids is 2. The molecule has 12 nitrogen and oxygen atoms in total. The molecule has 0 aliphatic heterocycles. The smallest absolute Gasteiger partial charge is 0.339 e. The molecule has 3 N–H and O–H groups in total. The zero-order valence-electron chi connectivity index (χ0n) is 16.6. The van der Waals surface area contributed by atoms with Gasteiger partial charge in [0.25, 0.3) is 5.69 Å². The van der Waals surface area contributed by atoms with Gasteiger partial charge in [-0.05, 0) is 29.8 Å². The van der Waals surface area contributed by atoms with Gasteiger partial charge in [0.15, 0.2) is 0 Å². The maximum Gasteiger partial charge on any atom is 0.339 e. The summed E-state index contributed by atoms with van der Waals surface area (Å²) in [7, 11) is 1.27. The van der Waals surface area contributed by atoms with Crippen LogP contribution in [0.15, 0.2) is 58.8 Å². The molecule has 3 rings (SSSR count). The number of aromatic amines is 1. The molecule has 0 atom stereocenters. The van der Waals surface area contributed by atoms with Gasteiger partial charge in [0.05, 0.1) is 35.3 Å². The highest BCUT2D eigenvalue weighted by Gasteiger charge is 2.14. The molecule has 1 aromatic heterocycles. The van der Waals surface area contributed by atoms with E-state index in [2.05, 4.69) is 31.0 Å². The van der Waals surface area contributed by atoms with E-state index >= 15 is 0 Å². The molecule has 0 fully saturated rings. The summed E-state index contributed by atoms with van der Waals surface area (Å²) in [5, 5.41) is 24.2. The van der Waals surface area contributed by atoms with Gasteiger partial charge in [0, 0.05) is 12.1 Å². The Morgan fingerprint density at radius 2 is 2.00 bits per heavy atom. The number of rotatable bonds is 9. The third kappa shape index (κ3) is 6.12. The van der Waals surface area contributed by atoms with Crippen LogP contribution in [-0.4, -0.2) is 51.1 Å². The van der Waals surface area contributed by atoms with Crippen molar-refractivity contribution in [3.63, 3.8) is 0 Å². The zero-order chi connectivity index (χ0) is 22.9. The number of esters is 1. The van der Waals surface area contributed by atoms with E-state index in [0.717, 1.165) is 11.8 Å². The number of hydrazone groups is 1. The number of nitrogens with one attached hydrogen (secondary N) is 3. The van der Waals surface area contributed by atoms with Crippen LogP contribution in [0.4, 0.5) is 17.3 Å². The van der Waals surface area contributed by atoms with Crippen molar-refractivity contribution in [2.24, 2.45) is 5.10 Å². The van der Waals surface area contributed by atoms with Gasteiger partial charge in [-0.3, -0.25) is 14.9 Å². The third-order valence-electron chi connectivity index (χ3n) is 3.89. The van der Waals surface area contributed by atoms with Gasteiger partial charge in [-0.25, -0.2) is 15.3 Å². The molecule has 0 radical (unpaired) electrons. The molecule has 0 unspecified atom stereocenters. The molecule has 1 amide bonds. The number of hydrogen-bond donors (Lipinski definition) is 3. The van der Waals surface area contributed by atoms with Crippen molar-refractivity contribution in [1.29, 1.82) is 0 Å². The van der Waals surface area contributed by atoms with Crippen LogP contribution in [0.5, 0.6) is 0 Å². The number of hydrogen-bond acceptors (Lipinski definition) is 10. The van der Waals surface area contributed by atoms with Crippen molar-refractivity contribution in [2.45, 2.75) is 5.16 Å². The highest BCUT2D eigenvalue weighted by Crippen LogP contribution is 2.18. The lowest BCUT2D eigenvalue weighted by Gasteiger charge is -2.08. The highest BCUT2D eigenvalue weighted by molar-refractivity contribution is 7.99. The largest absolute Gasteiger partial charge is 0.465 e. The number of nitro groups is 1. The number of para-hydroxylation sites is 1. The van der Waals surface area contributed by atoms with E-state index in [0.29, 0.717) is 16.4 Å². The fourth-order valence-corrected chi connectivity index (χ4v) is 3.01. The highest BCUT2D eigenvalue weighted by atomic mass is 32.2. The van der Waals surface area contributed by atoms with E-state index in [4.69, 9.17) is 4.74 Å². The van der Waals surface area contributed by atoms with E-state index in [1.54, 1.807) is 36.4 Å². The first-order valence-electron chi connectivity index (χ1n) is 9.02. The van der Waals surface area contributed by atoms with Gasteiger partial charge >= 0.3 is 5.97 Å². The Kier molecular flexibility index (Phi) is 7.48. The fraction of sp³-hybridized carbons (Fsp3) is 0.105. The summed E-state index contributed by atoms with van der Waals surface area (Å²) in [6, 6.07) is 12.4. The average molecular weight is 455 g/mol. The SMILES string of the molecule is COC(=O)c1ccccc1NC(=O)CSc1n[nH]c(N/N=C\c2ccc([N+](=O)[O-])cc2)n1. The Morgan fingerprint density at radius 1 is 1.25 bits per heavy atom. The zero-order valence-corrected chi connectivity index (χ0v) is 17.5. The summed E-state index contributed by atoms with van der Waals surface area (Å²) < 4.78 is 4.70. The summed E-state index contributed by atoms with van der Waals surface area (Å²) in [5.41, 5.74) is 3.89. The summed E-state index contributed by atoms with van der Waals surface area (Å²) in [6.45, 7) is 0. The second kappa shape index (κ2) is 10.7. The standard InChI is InChI=1S/C19H17N7O5S/c1-31-17(28)14-4-2-3-5-15(14)21-16(27)11-32-19-22-18(24-25-19)23-20-10-12-6-8-13(9-7-12)26(29)30/h2-10H,11H2,1H3,(H,21,27)(H2,22,23,24,25)/b20-10-. The number of thioether (sulfide) groups is 1. The molecule has 0 saturated heterocycles. The Labute approximate surface area is 185 Å². The number of benzene rings is 2. The number of ether oxygens (including phenoxy) is 1. The van der Waals surface area contributed by atoms with Crippen LogP contribution < -0.4 is 10.7 Å². The van der Waals surface area contributed by atoms with E-state index in [1.807, 2.05) is 0 Å². The minimum atomic E-state index is -0.549. The predicted octanol–water partition coefficient (Wildman–Crippen LogP) is 2.68. The lowest BCUT2D eigenvalue weighted by molar-refractivity contribution is -0.384.